The van der Waals surface area contributed by atoms with Gasteiger partial charge in [-0.15, -0.1) is 0 Å². The van der Waals surface area contributed by atoms with Crippen LogP contribution in [0.15, 0.2) is 59.9 Å². The molecule has 2 heterocycles. The zero-order chi connectivity index (χ0) is 22.2. The van der Waals surface area contributed by atoms with Crippen molar-refractivity contribution >= 4 is 39.1 Å². The van der Waals surface area contributed by atoms with Gasteiger partial charge < -0.3 is 15.2 Å². The molecule has 164 valence electrons. The zero-order valence-corrected chi connectivity index (χ0v) is 18.8. The van der Waals surface area contributed by atoms with E-state index in [2.05, 4.69) is 75.7 Å². The highest BCUT2D eigenvalue weighted by Crippen LogP contribution is 2.34. The lowest BCUT2D eigenvalue weighted by Crippen LogP contribution is -2.32. The summed E-state index contributed by atoms with van der Waals surface area (Å²) in [6, 6.07) is 15.3. The van der Waals surface area contributed by atoms with E-state index < -0.39 is 0 Å². The number of anilines is 2. The Morgan fingerprint density at radius 3 is 2.78 bits per heavy atom. The summed E-state index contributed by atoms with van der Waals surface area (Å²) in [5, 5.41) is 14.8. The van der Waals surface area contributed by atoms with E-state index >= 15 is 0 Å². The van der Waals surface area contributed by atoms with Crippen LogP contribution in [0.2, 0.25) is 0 Å². The van der Waals surface area contributed by atoms with E-state index in [9.17, 15) is 0 Å². The lowest BCUT2D eigenvalue weighted by molar-refractivity contribution is 0.681. The Bertz CT molecular complexity index is 1360. The summed E-state index contributed by atoms with van der Waals surface area (Å²) in [6.45, 7) is 0. The lowest BCUT2D eigenvalue weighted by Gasteiger charge is -2.20. The van der Waals surface area contributed by atoms with Crippen molar-refractivity contribution in [1.82, 2.24) is 14.5 Å². The van der Waals surface area contributed by atoms with Gasteiger partial charge in [0, 0.05) is 61.4 Å². The molecule has 2 aromatic heterocycles. The number of hydrogen-bond donors (Lipinski definition) is 3. The van der Waals surface area contributed by atoms with Gasteiger partial charge in [-0.25, -0.2) is 4.98 Å². The maximum Gasteiger partial charge on any atom is 0.154 e. The fourth-order valence-corrected chi connectivity index (χ4v) is 5.04. The van der Waals surface area contributed by atoms with E-state index in [0.29, 0.717) is 17.4 Å². The first-order valence-corrected chi connectivity index (χ1v) is 11.1. The number of fused-ring (bicyclic) bond motifs is 2. The quantitative estimate of drug-likeness (QED) is 0.337. The molecule has 4 aromatic rings. The number of aliphatic imine (C=N–C) groups is 1. The Labute approximate surface area is 187 Å². The number of nitrogens with one attached hydrogen (secondary N) is 3. The van der Waals surface area contributed by atoms with Crippen LogP contribution in [0, 0.1) is 11.3 Å². The van der Waals surface area contributed by atoms with Gasteiger partial charge in [0.15, 0.2) is 5.65 Å². The van der Waals surface area contributed by atoms with Crippen LogP contribution >= 0.6 is 0 Å². The predicted octanol–water partition coefficient (Wildman–Crippen LogP) is 4.22. The molecule has 1 aliphatic rings. The zero-order valence-electron chi connectivity index (χ0n) is 18.8. The average Bonchev–Trinajstić information content (AvgIpc) is 3.45. The fraction of sp³-hybridized carbons (Fsp3) is 0.320. The van der Waals surface area contributed by atoms with Crippen LogP contribution < -0.4 is 15.7 Å². The molecule has 0 unspecified atom stereocenters. The van der Waals surface area contributed by atoms with Crippen LogP contribution in [0.3, 0.4) is 0 Å². The summed E-state index contributed by atoms with van der Waals surface area (Å²) in [5.41, 5.74) is 4.45. The Balaban J connectivity index is 1.42. The maximum absolute atomic E-state index is 8.45. The van der Waals surface area contributed by atoms with Crippen LogP contribution in [0.4, 0.5) is 11.4 Å². The molecule has 7 heteroatoms. The summed E-state index contributed by atoms with van der Waals surface area (Å²) in [5.74, 6) is 1.23. The second-order valence-electron chi connectivity index (χ2n) is 8.70. The third-order valence-corrected chi connectivity index (χ3v) is 6.50. The molecule has 2 atom stereocenters. The van der Waals surface area contributed by atoms with Crippen molar-refractivity contribution < 1.29 is 0 Å². The minimum absolute atomic E-state index is 0.291. The van der Waals surface area contributed by atoms with Gasteiger partial charge in [0.2, 0.25) is 0 Å². The Kier molecular flexibility index (Phi) is 5.17. The van der Waals surface area contributed by atoms with E-state index in [0.717, 1.165) is 36.3 Å². The van der Waals surface area contributed by atoms with E-state index in [1.165, 1.54) is 22.1 Å². The van der Waals surface area contributed by atoms with Crippen LogP contribution in [0.25, 0.3) is 21.9 Å². The van der Waals surface area contributed by atoms with Crippen molar-refractivity contribution in [2.75, 3.05) is 31.4 Å². The molecule has 0 radical (unpaired) electrons. The normalized spacial score (nSPS) is 19.0. The van der Waals surface area contributed by atoms with Crippen molar-refractivity contribution in [3.05, 3.63) is 60.3 Å². The number of nitrogens with zero attached hydrogens (tertiary/aromatic N) is 4. The van der Waals surface area contributed by atoms with Crippen molar-refractivity contribution in [2.45, 2.75) is 25.3 Å². The molecule has 0 saturated heterocycles. The predicted molar refractivity (Wildman–Crippen MR) is 132 cm³/mol. The summed E-state index contributed by atoms with van der Waals surface area (Å²) in [4.78, 5) is 14.3. The van der Waals surface area contributed by atoms with Gasteiger partial charge in [-0.3, -0.25) is 15.0 Å². The second-order valence-corrected chi connectivity index (χ2v) is 8.70. The highest BCUT2D eigenvalue weighted by atomic mass is 15.1. The van der Waals surface area contributed by atoms with E-state index in [1.54, 1.807) is 6.20 Å². The Morgan fingerprint density at radius 1 is 1.16 bits per heavy atom. The molecule has 0 aliphatic heterocycles. The number of H-pyrrole nitrogens is 1. The minimum Gasteiger partial charge on any atom is -0.382 e. The molecule has 0 amide bonds. The SMILES string of the molecule is C/N=C(/[C@@H]1CC[C@H](Nc2cccc3c(N(C)C)cccc23)C1)n1c(=N)cnc2[nH]ccc21. The number of benzene rings is 2. The van der Waals surface area contributed by atoms with Crippen molar-refractivity contribution in [2.24, 2.45) is 10.9 Å². The Morgan fingerprint density at radius 2 is 1.97 bits per heavy atom. The molecule has 3 N–H and O–H groups in total. The fourth-order valence-electron chi connectivity index (χ4n) is 5.04. The van der Waals surface area contributed by atoms with Gasteiger partial charge in [0.05, 0.1) is 11.7 Å². The van der Waals surface area contributed by atoms with Gasteiger partial charge in [-0.05, 0) is 37.5 Å². The molecule has 2 aromatic carbocycles. The first-order chi connectivity index (χ1) is 15.6. The monoisotopic (exact) mass is 427 g/mol. The standard InChI is InChI=1S/C25H29N7/c1-27-25(32-22-12-13-28-24(22)29-15-23(32)26)16-10-11-17(14-16)30-20-8-4-7-19-18(20)6-5-9-21(19)31(2)3/h4-9,12-13,15-17,26,28,30H,10-11,14H2,1-3H3/b26-23?,27-25-/t16-,17+/m1/s1. The molecule has 5 rings (SSSR count). The molecule has 1 fully saturated rings. The average molecular weight is 428 g/mol. The number of hydrogen-bond acceptors (Lipinski definition) is 5. The van der Waals surface area contributed by atoms with Crippen molar-refractivity contribution in [3.63, 3.8) is 0 Å². The number of aromatic amines is 1. The largest absolute Gasteiger partial charge is 0.382 e. The molecular formula is C25H29N7. The van der Waals surface area contributed by atoms with Gasteiger partial charge in [0.1, 0.15) is 11.3 Å². The highest BCUT2D eigenvalue weighted by Gasteiger charge is 2.30. The third-order valence-electron chi connectivity index (χ3n) is 6.50. The second kappa shape index (κ2) is 8.15. The molecule has 7 nitrogen and oxygen atoms in total. The maximum atomic E-state index is 8.45. The smallest absolute Gasteiger partial charge is 0.154 e. The molecular weight excluding hydrogens is 398 g/mol. The first-order valence-electron chi connectivity index (χ1n) is 11.1. The first kappa shape index (κ1) is 20.3. The van der Waals surface area contributed by atoms with Gasteiger partial charge in [0.25, 0.3) is 0 Å². The van der Waals surface area contributed by atoms with E-state index in [-0.39, 0.29) is 0 Å². The molecule has 0 spiro atoms. The Hall–Kier alpha value is -3.61. The lowest BCUT2D eigenvalue weighted by atomic mass is 10.0. The summed E-state index contributed by atoms with van der Waals surface area (Å²) in [6.07, 6.45) is 6.55. The topological polar surface area (TPSA) is 85.1 Å². The molecule has 1 saturated carbocycles. The van der Waals surface area contributed by atoms with Gasteiger partial charge in [-0.2, -0.15) is 0 Å². The van der Waals surface area contributed by atoms with E-state index in [4.69, 9.17) is 5.41 Å². The van der Waals surface area contributed by atoms with Crippen LogP contribution in [-0.4, -0.2) is 47.6 Å². The number of rotatable bonds is 4. The van der Waals surface area contributed by atoms with Crippen LogP contribution in [0.5, 0.6) is 0 Å². The summed E-state index contributed by atoms with van der Waals surface area (Å²) >= 11 is 0. The summed E-state index contributed by atoms with van der Waals surface area (Å²) in [7, 11) is 6.00. The van der Waals surface area contributed by atoms with Crippen molar-refractivity contribution in [1.29, 1.82) is 5.41 Å². The van der Waals surface area contributed by atoms with Gasteiger partial charge in [-0.1, -0.05) is 24.3 Å². The van der Waals surface area contributed by atoms with E-state index in [1.807, 2.05) is 23.9 Å². The van der Waals surface area contributed by atoms with Gasteiger partial charge >= 0.3 is 0 Å². The molecule has 32 heavy (non-hydrogen) atoms. The molecule has 0 bridgehead atoms. The summed E-state index contributed by atoms with van der Waals surface area (Å²) < 4.78 is 1.94. The highest BCUT2D eigenvalue weighted by molar-refractivity contribution is 6.01. The number of aromatic nitrogens is 3. The molecule has 1 aliphatic carbocycles. The third kappa shape index (κ3) is 3.43. The minimum atomic E-state index is 0.291. The van der Waals surface area contributed by atoms with Crippen molar-refractivity contribution in [3.8, 4) is 0 Å². The van der Waals surface area contributed by atoms with Crippen LogP contribution in [0.1, 0.15) is 19.3 Å². The van der Waals surface area contributed by atoms with Crippen LogP contribution in [-0.2, 0) is 0 Å².